The lowest BCUT2D eigenvalue weighted by Crippen LogP contribution is -2.44. The van der Waals surface area contributed by atoms with Crippen molar-refractivity contribution in [1.29, 1.82) is 0 Å². The largest absolute Gasteiger partial charge is 0.497 e. The second-order valence-electron chi connectivity index (χ2n) is 7.54. The molecule has 30 heavy (non-hydrogen) atoms. The number of aliphatic imine (C=N–C) groups is 1. The number of amides is 1. The van der Waals surface area contributed by atoms with Crippen LogP contribution in [-0.2, 0) is 4.79 Å². The van der Waals surface area contributed by atoms with E-state index in [-0.39, 0.29) is 42.0 Å². The quantitative estimate of drug-likeness (QED) is 0.246. The summed E-state index contributed by atoms with van der Waals surface area (Å²) in [5.41, 5.74) is 1.27. The molecule has 1 aromatic carbocycles. The maximum absolute atomic E-state index is 11.9. The SMILES string of the molecule is CCC(C)NC(=O)CCNC(=NC)NCC(c1ccc(OC)cc1)N1CCCC1.I. The Morgan fingerprint density at radius 2 is 1.87 bits per heavy atom. The van der Waals surface area contributed by atoms with E-state index in [0.29, 0.717) is 13.0 Å². The molecule has 0 aromatic heterocycles. The molecule has 1 fully saturated rings. The summed E-state index contributed by atoms with van der Waals surface area (Å²) in [7, 11) is 3.44. The van der Waals surface area contributed by atoms with E-state index in [2.05, 4.69) is 44.9 Å². The van der Waals surface area contributed by atoms with Crippen molar-refractivity contribution in [3.8, 4) is 5.75 Å². The summed E-state index contributed by atoms with van der Waals surface area (Å²) in [5, 5.41) is 9.66. The van der Waals surface area contributed by atoms with Gasteiger partial charge in [0.25, 0.3) is 0 Å². The first-order valence-electron chi connectivity index (χ1n) is 10.7. The van der Waals surface area contributed by atoms with Crippen molar-refractivity contribution in [1.82, 2.24) is 20.9 Å². The Morgan fingerprint density at radius 3 is 2.43 bits per heavy atom. The van der Waals surface area contributed by atoms with Crippen molar-refractivity contribution < 1.29 is 9.53 Å². The third-order valence-corrected chi connectivity index (χ3v) is 5.43. The molecule has 0 saturated carbocycles. The van der Waals surface area contributed by atoms with Gasteiger partial charge in [-0.1, -0.05) is 19.1 Å². The molecule has 3 N–H and O–H groups in total. The number of rotatable bonds is 10. The summed E-state index contributed by atoms with van der Waals surface area (Å²) in [6, 6.07) is 8.79. The van der Waals surface area contributed by atoms with Crippen LogP contribution in [0.15, 0.2) is 29.3 Å². The maximum atomic E-state index is 11.9. The van der Waals surface area contributed by atoms with Crippen LogP contribution < -0.4 is 20.7 Å². The summed E-state index contributed by atoms with van der Waals surface area (Å²) in [6.45, 7) is 7.61. The molecule has 2 rings (SSSR count). The third kappa shape index (κ3) is 8.67. The molecule has 0 spiro atoms. The van der Waals surface area contributed by atoms with E-state index in [4.69, 9.17) is 4.74 Å². The van der Waals surface area contributed by atoms with Gasteiger partial charge in [0.05, 0.1) is 13.2 Å². The summed E-state index contributed by atoms with van der Waals surface area (Å²) in [5.74, 6) is 1.66. The topological polar surface area (TPSA) is 78.0 Å². The first-order chi connectivity index (χ1) is 14.1. The van der Waals surface area contributed by atoms with Gasteiger partial charge >= 0.3 is 0 Å². The third-order valence-electron chi connectivity index (χ3n) is 5.43. The Morgan fingerprint density at radius 1 is 1.20 bits per heavy atom. The van der Waals surface area contributed by atoms with Crippen LogP contribution in [0.1, 0.15) is 51.1 Å². The monoisotopic (exact) mass is 531 g/mol. The van der Waals surface area contributed by atoms with Crippen molar-refractivity contribution in [2.24, 2.45) is 4.99 Å². The molecule has 0 aliphatic carbocycles. The van der Waals surface area contributed by atoms with Gasteiger partial charge in [0.15, 0.2) is 5.96 Å². The summed E-state index contributed by atoms with van der Waals surface area (Å²) in [4.78, 5) is 18.8. The lowest BCUT2D eigenvalue weighted by atomic mass is 10.1. The van der Waals surface area contributed by atoms with Crippen LogP contribution in [0.5, 0.6) is 5.75 Å². The van der Waals surface area contributed by atoms with E-state index in [1.54, 1.807) is 14.2 Å². The van der Waals surface area contributed by atoms with E-state index >= 15 is 0 Å². The predicted molar refractivity (Wildman–Crippen MR) is 134 cm³/mol. The molecule has 1 heterocycles. The minimum absolute atomic E-state index is 0. The molecule has 7 nitrogen and oxygen atoms in total. The normalized spacial score (nSPS) is 16.3. The lowest BCUT2D eigenvalue weighted by Gasteiger charge is -2.29. The zero-order valence-electron chi connectivity index (χ0n) is 18.7. The van der Waals surface area contributed by atoms with Crippen molar-refractivity contribution in [2.75, 3.05) is 40.3 Å². The van der Waals surface area contributed by atoms with Crippen LogP contribution in [-0.4, -0.2) is 63.1 Å². The zero-order valence-corrected chi connectivity index (χ0v) is 21.1. The van der Waals surface area contributed by atoms with Gasteiger partial charge in [-0.2, -0.15) is 0 Å². The van der Waals surface area contributed by atoms with Crippen LogP contribution in [0.25, 0.3) is 0 Å². The van der Waals surface area contributed by atoms with E-state index in [1.807, 2.05) is 19.1 Å². The number of carbonyl (C=O) groups is 1. The average molecular weight is 531 g/mol. The minimum atomic E-state index is 0. The highest BCUT2D eigenvalue weighted by molar-refractivity contribution is 14.0. The molecule has 8 heteroatoms. The van der Waals surface area contributed by atoms with Gasteiger partial charge in [-0.3, -0.25) is 14.7 Å². The molecule has 1 aliphatic rings. The highest BCUT2D eigenvalue weighted by Crippen LogP contribution is 2.26. The average Bonchev–Trinajstić information content (AvgIpc) is 3.27. The van der Waals surface area contributed by atoms with Crippen LogP contribution >= 0.6 is 24.0 Å². The molecule has 0 radical (unpaired) electrons. The standard InChI is InChI=1S/C22H37N5O2.HI/c1-5-17(2)26-21(28)12-13-24-22(23-3)25-16-20(27-14-6-7-15-27)18-8-10-19(29-4)11-9-18;/h8-11,17,20H,5-7,12-16H2,1-4H3,(H,26,28)(H2,23,24,25);1H. The fourth-order valence-corrected chi connectivity index (χ4v) is 3.49. The Bertz CT molecular complexity index is 647. The summed E-state index contributed by atoms with van der Waals surface area (Å²) < 4.78 is 5.29. The molecular weight excluding hydrogens is 493 g/mol. The van der Waals surface area contributed by atoms with Crippen molar-refractivity contribution in [3.05, 3.63) is 29.8 Å². The van der Waals surface area contributed by atoms with E-state index in [0.717, 1.165) is 37.8 Å². The second-order valence-corrected chi connectivity index (χ2v) is 7.54. The Kier molecular flexibility index (Phi) is 12.8. The van der Waals surface area contributed by atoms with Crippen LogP contribution in [0.3, 0.4) is 0 Å². The second kappa shape index (κ2) is 14.5. The minimum Gasteiger partial charge on any atom is -0.497 e. The number of guanidine groups is 1. The maximum Gasteiger partial charge on any atom is 0.221 e. The Labute approximate surface area is 198 Å². The molecule has 2 unspecified atom stereocenters. The van der Waals surface area contributed by atoms with Gasteiger partial charge < -0.3 is 20.7 Å². The van der Waals surface area contributed by atoms with Crippen molar-refractivity contribution in [3.63, 3.8) is 0 Å². The van der Waals surface area contributed by atoms with Gasteiger partial charge in [-0.15, -0.1) is 24.0 Å². The van der Waals surface area contributed by atoms with Gasteiger partial charge in [-0.25, -0.2) is 0 Å². The number of hydrogen-bond acceptors (Lipinski definition) is 4. The Balaban J connectivity index is 0.00000450. The molecule has 2 atom stereocenters. The first kappa shape index (κ1) is 26.5. The van der Waals surface area contributed by atoms with Crippen molar-refractivity contribution >= 4 is 35.8 Å². The van der Waals surface area contributed by atoms with E-state index in [9.17, 15) is 4.79 Å². The molecule has 1 aromatic rings. The summed E-state index contributed by atoms with van der Waals surface area (Å²) in [6.07, 6.45) is 3.85. The van der Waals surface area contributed by atoms with E-state index < -0.39 is 0 Å². The highest BCUT2D eigenvalue weighted by Gasteiger charge is 2.23. The predicted octanol–water partition coefficient (Wildman–Crippen LogP) is 2.92. The lowest BCUT2D eigenvalue weighted by molar-refractivity contribution is -0.121. The smallest absolute Gasteiger partial charge is 0.221 e. The van der Waals surface area contributed by atoms with Gasteiger partial charge in [0.1, 0.15) is 5.75 Å². The zero-order chi connectivity index (χ0) is 21.1. The molecular formula is C22H38IN5O2. The first-order valence-corrected chi connectivity index (χ1v) is 10.7. The number of likely N-dealkylation sites (tertiary alicyclic amines) is 1. The van der Waals surface area contributed by atoms with E-state index in [1.165, 1.54) is 18.4 Å². The number of nitrogens with zero attached hydrogens (tertiary/aromatic N) is 2. The molecule has 1 aliphatic heterocycles. The fraction of sp³-hybridized carbons (Fsp3) is 0.636. The van der Waals surface area contributed by atoms with Gasteiger partial charge in [0, 0.05) is 32.6 Å². The number of hydrogen-bond donors (Lipinski definition) is 3. The number of carbonyl (C=O) groups excluding carboxylic acids is 1. The number of halogens is 1. The van der Waals surface area contributed by atoms with Gasteiger partial charge in [0.2, 0.25) is 5.91 Å². The number of ether oxygens (including phenoxy) is 1. The van der Waals surface area contributed by atoms with Crippen molar-refractivity contribution in [2.45, 2.75) is 51.6 Å². The molecule has 170 valence electrons. The molecule has 0 bridgehead atoms. The van der Waals surface area contributed by atoms with Crippen LogP contribution in [0.2, 0.25) is 0 Å². The highest BCUT2D eigenvalue weighted by atomic mass is 127. The summed E-state index contributed by atoms with van der Waals surface area (Å²) >= 11 is 0. The molecule has 1 amide bonds. The number of benzene rings is 1. The molecule has 1 saturated heterocycles. The van der Waals surface area contributed by atoms with Gasteiger partial charge in [-0.05, 0) is 57.0 Å². The fourth-order valence-electron chi connectivity index (χ4n) is 3.49. The number of nitrogens with one attached hydrogen (secondary N) is 3. The van der Waals surface area contributed by atoms with Crippen LogP contribution in [0, 0.1) is 0 Å². The number of methoxy groups -OCH3 is 1. The van der Waals surface area contributed by atoms with Crippen LogP contribution in [0.4, 0.5) is 0 Å². The Hall–Kier alpha value is -1.55.